The van der Waals surface area contributed by atoms with Crippen molar-refractivity contribution in [1.29, 1.82) is 0 Å². The fourth-order valence-electron chi connectivity index (χ4n) is 2.79. The van der Waals surface area contributed by atoms with E-state index in [2.05, 4.69) is 4.98 Å². The number of rotatable bonds is 0. The molecule has 94 valence electrons. The molecule has 1 N–H and O–H groups in total. The third-order valence-corrected chi connectivity index (χ3v) is 3.99. The highest BCUT2D eigenvalue weighted by Crippen LogP contribution is 2.21. The Hall–Kier alpha value is -1.28. The summed E-state index contributed by atoms with van der Waals surface area (Å²) in [6.45, 7) is 0. The van der Waals surface area contributed by atoms with Gasteiger partial charge in [0, 0.05) is 27.2 Å². The third kappa shape index (κ3) is 2.05. The zero-order valence-corrected chi connectivity index (χ0v) is 11.0. The van der Waals surface area contributed by atoms with Gasteiger partial charge in [-0.2, -0.15) is 0 Å². The molecule has 1 heterocycles. The summed E-state index contributed by atoms with van der Waals surface area (Å²) in [5.41, 5.74) is 3.19. The summed E-state index contributed by atoms with van der Waals surface area (Å²) in [5.74, 6) is 0. The van der Waals surface area contributed by atoms with Crippen molar-refractivity contribution in [2.24, 2.45) is 0 Å². The predicted molar refractivity (Wildman–Crippen MR) is 75.5 cm³/mol. The van der Waals surface area contributed by atoms with Gasteiger partial charge in [-0.05, 0) is 43.9 Å². The topological polar surface area (TPSA) is 32.9 Å². The van der Waals surface area contributed by atoms with Crippen LogP contribution in [0.1, 0.15) is 36.9 Å². The second-order valence-electron chi connectivity index (χ2n) is 5.02. The first kappa shape index (κ1) is 11.8. The number of H-pyrrole nitrogens is 1. The maximum atomic E-state index is 12.5. The lowest BCUT2D eigenvalue weighted by Gasteiger charge is -2.14. The van der Waals surface area contributed by atoms with Crippen LogP contribution in [0, 0.1) is 0 Å². The maximum absolute atomic E-state index is 12.5. The quantitative estimate of drug-likeness (QED) is 0.768. The fourth-order valence-corrected chi connectivity index (χ4v) is 2.96. The van der Waals surface area contributed by atoms with Crippen molar-refractivity contribution in [3.05, 3.63) is 44.7 Å². The molecule has 0 radical (unpaired) electrons. The minimum absolute atomic E-state index is 0.170. The second kappa shape index (κ2) is 4.77. The first-order chi connectivity index (χ1) is 8.75. The van der Waals surface area contributed by atoms with Gasteiger partial charge >= 0.3 is 0 Å². The van der Waals surface area contributed by atoms with Crippen LogP contribution in [-0.2, 0) is 12.8 Å². The normalized spacial score (nSPS) is 16.1. The maximum Gasteiger partial charge on any atom is 0.192 e. The van der Waals surface area contributed by atoms with E-state index in [4.69, 9.17) is 11.6 Å². The molecule has 2 nitrogen and oxygen atoms in total. The van der Waals surface area contributed by atoms with Gasteiger partial charge < -0.3 is 4.98 Å². The molecule has 2 aromatic rings. The van der Waals surface area contributed by atoms with Gasteiger partial charge in [-0.1, -0.05) is 24.4 Å². The summed E-state index contributed by atoms with van der Waals surface area (Å²) >= 11 is 5.98. The average molecular weight is 262 g/mol. The molecule has 1 aromatic heterocycles. The van der Waals surface area contributed by atoms with Crippen molar-refractivity contribution >= 4 is 22.5 Å². The molecule has 3 heteroatoms. The van der Waals surface area contributed by atoms with E-state index in [0.29, 0.717) is 5.02 Å². The molecular formula is C15H16ClNO. The molecule has 0 spiro atoms. The first-order valence-electron chi connectivity index (χ1n) is 6.59. The van der Waals surface area contributed by atoms with Crippen molar-refractivity contribution in [3.63, 3.8) is 0 Å². The molecule has 0 saturated carbocycles. The lowest BCUT2D eigenvalue weighted by Crippen LogP contribution is -2.16. The molecular weight excluding hydrogens is 246 g/mol. The second-order valence-corrected chi connectivity index (χ2v) is 5.45. The zero-order chi connectivity index (χ0) is 12.5. The molecule has 0 fully saturated rings. The van der Waals surface area contributed by atoms with E-state index >= 15 is 0 Å². The Balaban J connectivity index is 2.26. The highest BCUT2D eigenvalue weighted by Gasteiger charge is 2.13. The van der Waals surface area contributed by atoms with Gasteiger partial charge in [0.05, 0.1) is 0 Å². The number of aryl methyl sites for hydroxylation is 1. The molecule has 0 bridgehead atoms. The van der Waals surface area contributed by atoms with Crippen LogP contribution in [0.2, 0.25) is 5.02 Å². The molecule has 0 amide bonds. The van der Waals surface area contributed by atoms with Gasteiger partial charge in [0.15, 0.2) is 5.43 Å². The molecule has 3 rings (SSSR count). The largest absolute Gasteiger partial charge is 0.358 e. The van der Waals surface area contributed by atoms with E-state index in [-0.39, 0.29) is 5.43 Å². The minimum atomic E-state index is 0.170. The van der Waals surface area contributed by atoms with Gasteiger partial charge in [-0.15, -0.1) is 0 Å². The van der Waals surface area contributed by atoms with Crippen LogP contribution in [0.5, 0.6) is 0 Å². The number of halogens is 1. The Morgan fingerprint density at radius 1 is 1.06 bits per heavy atom. The lowest BCUT2D eigenvalue weighted by molar-refractivity contribution is 0.608. The van der Waals surface area contributed by atoms with Gasteiger partial charge in [0.25, 0.3) is 0 Å². The Labute approximate surface area is 111 Å². The summed E-state index contributed by atoms with van der Waals surface area (Å²) in [6, 6.07) is 5.50. The van der Waals surface area contributed by atoms with Gasteiger partial charge in [0.1, 0.15) is 0 Å². The number of aromatic nitrogens is 1. The summed E-state index contributed by atoms with van der Waals surface area (Å²) in [7, 11) is 0. The smallest absolute Gasteiger partial charge is 0.192 e. The Morgan fingerprint density at radius 2 is 1.83 bits per heavy atom. The highest BCUT2D eigenvalue weighted by atomic mass is 35.5. The molecule has 1 aliphatic carbocycles. The number of hydrogen-bond donors (Lipinski definition) is 1. The van der Waals surface area contributed by atoms with E-state index in [1.807, 2.05) is 12.1 Å². The number of pyridine rings is 1. The third-order valence-electron chi connectivity index (χ3n) is 3.75. The SMILES string of the molecule is O=c1c2c([nH]c3ccc(Cl)cc13)CCCCCC2. The van der Waals surface area contributed by atoms with Crippen molar-refractivity contribution in [2.45, 2.75) is 38.5 Å². The fraction of sp³-hybridized carbons (Fsp3) is 0.400. The number of aromatic amines is 1. The van der Waals surface area contributed by atoms with Crippen molar-refractivity contribution < 1.29 is 0 Å². The summed E-state index contributed by atoms with van der Waals surface area (Å²) in [5, 5.41) is 1.35. The number of hydrogen-bond acceptors (Lipinski definition) is 1. The summed E-state index contributed by atoms with van der Waals surface area (Å²) < 4.78 is 0. The number of nitrogens with one attached hydrogen (secondary N) is 1. The predicted octanol–water partition coefficient (Wildman–Crippen LogP) is 3.84. The van der Waals surface area contributed by atoms with Crippen molar-refractivity contribution in [3.8, 4) is 0 Å². The molecule has 1 aromatic carbocycles. The van der Waals surface area contributed by atoms with E-state index in [1.54, 1.807) is 6.07 Å². The minimum Gasteiger partial charge on any atom is -0.358 e. The standard InChI is InChI=1S/C15H16ClNO/c16-10-7-8-14-12(9-10)15(18)11-5-3-1-2-4-6-13(11)17-14/h7-9H,1-6H2,(H,17,18). The van der Waals surface area contributed by atoms with Gasteiger partial charge in [0.2, 0.25) is 0 Å². The Morgan fingerprint density at radius 3 is 2.67 bits per heavy atom. The van der Waals surface area contributed by atoms with Gasteiger partial charge in [-0.3, -0.25) is 4.79 Å². The van der Waals surface area contributed by atoms with Crippen LogP contribution in [0.25, 0.3) is 10.9 Å². The van der Waals surface area contributed by atoms with Crippen molar-refractivity contribution in [1.82, 2.24) is 4.98 Å². The lowest BCUT2D eigenvalue weighted by atomic mass is 9.95. The molecule has 0 aliphatic heterocycles. The van der Waals surface area contributed by atoms with Crippen LogP contribution in [-0.4, -0.2) is 4.98 Å². The number of fused-ring (bicyclic) bond motifs is 2. The molecule has 0 unspecified atom stereocenters. The van der Waals surface area contributed by atoms with Crippen LogP contribution in [0.3, 0.4) is 0 Å². The first-order valence-corrected chi connectivity index (χ1v) is 6.97. The molecule has 0 saturated heterocycles. The van der Waals surface area contributed by atoms with Crippen LogP contribution < -0.4 is 5.43 Å². The Kier molecular flexibility index (Phi) is 3.13. The summed E-state index contributed by atoms with van der Waals surface area (Å²) in [6.07, 6.45) is 6.66. The van der Waals surface area contributed by atoms with Gasteiger partial charge in [-0.25, -0.2) is 0 Å². The monoisotopic (exact) mass is 261 g/mol. The van der Waals surface area contributed by atoms with E-state index in [1.165, 1.54) is 19.3 Å². The van der Waals surface area contributed by atoms with E-state index < -0.39 is 0 Å². The van der Waals surface area contributed by atoms with E-state index in [9.17, 15) is 4.79 Å². The van der Waals surface area contributed by atoms with Crippen molar-refractivity contribution in [2.75, 3.05) is 0 Å². The van der Waals surface area contributed by atoms with E-state index in [0.717, 1.165) is 41.4 Å². The molecule has 0 atom stereocenters. The van der Waals surface area contributed by atoms with Crippen LogP contribution in [0.4, 0.5) is 0 Å². The molecule has 1 aliphatic rings. The average Bonchev–Trinajstić information content (AvgIpc) is 2.33. The Bertz CT molecular complexity index is 645. The number of benzene rings is 1. The van der Waals surface area contributed by atoms with Crippen LogP contribution in [0.15, 0.2) is 23.0 Å². The summed E-state index contributed by atoms with van der Waals surface area (Å²) in [4.78, 5) is 15.9. The molecule has 18 heavy (non-hydrogen) atoms. The highest BCUT2D eigenvalue weighted by molar-refractivity contribution is 6.31. The zero-order valence-electron chi connectivity index (χ0n) is 10.3. The van der Waals surface area contributed by atoms with Crippen LogP contribution >= 0.6 is 11.6 Å².